The number of unbranched alkanes of at least 4 members (excludes halogenated alkanes) is 46. The molecule has 0 aromatic carbocycles. The number of nitrogens with one attached hydrogen (secondary N) is 1. The predicted octanol–water partition coefficient (Wildman–Crippen LogP) is 19.8. The van der Waals surface area contributed by atoms with Crippen LogP contribution in [0.3, 0.4) is 0 Å². The van der Waals surface area contributed by atoms with E-state index < -0.39 is 12.1 Å². The van der Waals surface area contributed by atoms with E-state index in [1.54, 1.807) is 6.08 Å². The van der Waals surface area contributed by atoms with Crippen LogP contribution in [0.4, 0.5) is 0 Å². The molecule has 6 nitrogen and oxygen atoms in total. The Hall–Kier alpha value is -1.66. The van der Waals surface area contributed by atoms with Crippen molar-refractivity contribution in [3.05, 3.63) is 24.3 Å². The fourth-order valence-electron chi connectivity index (χ4n) is 9.87. The monoisotopic (exact) mass is 986 g/mol. The summed E-state index contributed by atoms with van der Waals surface area (Å²) in [6, 6.07) is -0.624. The number of ether oxygens (including phenoxy) is 1. The van der Waals surface area contributed by atoms with Gasteiger partial charge in [0.2, 0.25) is 5.91 Å². The molecule has 0 aromatic heterocycles. The summed E-state index contributed by atoms with van der Waals surface area (Å²) in [6.45, 7) is 4.89. The van der Waals surface area contributed by atoms with E-state index in [9.17, 15) is 19.8 Å². The molecule has 0 heterocycles. The molecule has 0 aliphatic heterocycles. The zero-order valence-corrected chi connectivity index (χ0v) is 47.3. The van der Waals surface area contributed by atoms with Crippen LogP contribution in [0.5, 0.6) is 0 Å². The Balaban J connectivity index is 3.35. The van der Waals surface area contributed by atoms with Crippen LogP contribution in [-0.4, -0.2) is 47.4 Å². The molecule has 0 spiro atoms. The lowest BCUT2D eigenvalue weighted by atomic mass is 10.0. The van der Waals surface area contributed by atoms with Crippen LogP contribution in [0.25, 0.3) is 0 Å². The molecule has 414 valence electrons. The lowest BCUT2D eigenvalue weighted by Gasteiger charge is -2.20. The molecule has 0 saturated carbocycles. The lowest BCUT2D eigenvalue weighted by Crippen LogP contribution is -2.45. The van der Waals surface area contributed by atoms with Gasteiger partial charge in [-0.05, 0) is 57.8 Å². The third-order valence-corrected chi connectivity index (χ3v) is 14.7. The second-order valence-corrected chi connectivity index (χ2v) is 21.7. The van der Waals surface area contributed by atoms with Crippen molar-refractivity contribution >= 4 is 11.9 Å². The van der Waals surface area contributed by atoms with Gasteiger partial charge in [0.25, 0.3) is 0 Å². The molecular weight excluding hydrogens is 863 g/mol. The Kier molecular flexibility index (Phi) is 58.5. The quantitative estimate of drug-likeness (QED) is 0.0321. The summed E-state index contributed by atoms with van der Waals surface area (Å²) >= 11 is 0. The summed E-state index contributed by atoms with van der Waals surface area (Å²) in [6.07, 6.45) is 73.8. The van der Waals surface area contributed by atoms with Gasteiger partial charge >= 0.3 is 5.97 Å². The Morgan fingerprint density at radius 3 is 1.04 bits per heavy atom. The summed E-state index contributed by atoms with van der Waals surface area (Å²) in [5.74, 6) is -0.0554. The van der Waals surface area contributed by atoms with Crippen molar-refractivity contribution in [2.75, 3.05) is 13.2 Å². The van der Waals surface area contributed by atoms with Crippen molar-refractivity contribution < 1.29 is 24.5 Å². The van der Waals surface area contributed by atoms with E-state index in [4.69, 9.17) is 4.74 Å². The summed E-state index contributed by atoms with van der Waals surface area (Å²) in [5.41, 5.74) is 0. The molecule has 0 aromatic rings. The predicted molar refractivity (Wildman–Crippen MR) is 306 cm³/mol. The molecule has 0 fully saturated rings. The summed E-state index contributed by atoms with van der Waals surface area (Å²) < 4.78 is 5.47. The van der Waals surface area contributed by atoms with Gasteiger partial charge < -0.3 is 20.3 Å². The van der Waals surface area contributed by atoms with Crippen molar-refractivity contribution in [1.82, 2.24) is 5.32 Å². The highest BCUT2D eigenvalue weighted by Crippen LogP contribution is 2.18. The van der Waals surface area contributed by atoms with Crippen LogP contribution >= 0.6 is 0 Å². The van der Waals surface area contributed by atoms with Gasteiger partial charge in [0.1, 0.15) is 0 Å². The number of rotatable bonds is 59. The maximum Gasteiger partial charge on any atom is 0.305 e. The first-order valence-electron chi connectivity index (χ1n) is 31.6. The lowest BCUT2D eigenvalue weighted by molar-refractivity contribution is -0.143. The van der Waals surface area contributed by atoms with Crippen LogP contribution < -0.4 is 5.32 Å². The Labute approximate surface area is 437 Å². The third kappa shape index (κ3) is 55.7. The molecule has 6 heteroatoms. The van der Waals surface area contributed by atoms with Crippen molar-refractivity contribution in [1.29, 1.82) is 0 Å². The largest absolute Gasteiger partial charge is 0.466 e. The average Bonchev–Trinajstić information content (AvgIpc) is 3.36. The van der Waals surface area contributed by atoms with E-state index in [1.807, 2.05) is 6.08 Å². The average molecular weight is 987 g/mol. The minimum Gasteiger partial charge on any atom is -0.466 e. The summed E-state index contributed by atoms with van der Waals surface area (Å²) in [4.78, 5) is 24.5. The van der Waals surface area contributed by atoms with E-state index in [-0.39, 0.29) is 18.5 Å². The van der Waals surface area contributed by atoms with Gasteiger partial charge in [0, 0.05) is 12.8 Å². The zero-order chi connectivity index (χ0) is 50.7. The van der Waals surface area contributed by atoms with E-state index >= 15 is 0 Å². The minimum atomic E-state index is -0.841. The number of aliphatic hydroxyl groups excluding tert-OH is 2. The second kappa shape index (κ2) is 59.9. The summed E-state index contributed by atoms with van der Waals surface area (Å²) in [7, 11) is 0. The van der Waals surface area contributed by atoms with E-state index in [1.165, 1.54) is 276 Å². The summed E-state index contributed by atoms with van der Waals surface area (Å²) in [5, 5.41) is 23.1. The molecule has 1 amide bonds. The fourth-order valence-corrected chi connectivity index (χ4v) is 9.87. The highest BCUT2D eigenvalue weighted by atomic mass is 16.5. The molecule has 70 heavy (non-hydrogen) atoms. The number of hydrogen-bond donors (Lipinski definition) is 3. The Bertz CT molecular complexity index is 1090. The number of amides is 1. The number of allylic oxidation sites excluding steroid dienone is 3. The molecule has 0 bridgehead atoms. The highest BCUT2D eigenvalue weighted by molar-refractivity contribution is 5.76. The first-order chi connectivity index (χ1) is 34.5. The van der Waals surface area contributed by atoms with Gasteiger partial charge in [-0.15, -0.1) is 0 Å². The van der Waals surface area contributed by atoms with Crippen molar-refractivity contribution in [3.63, 3.8) is 0 Å². The van der Waals surface area contributed by atoms with E-state index in [0.717, 1.165) is 44.9 Å². The second-order valence-electron chi connectivity index (χ2n) is 21.7. The van der Waals surface area contributed by atoms with E-state index in [2.05, 4.69) is 31.3 Å². The Morgan fingerprint density at radius 2 is 0.671 bits per heavy atom. The topological polar surface area (TPSA) is 95.9 Å². The molecule has 0 saturated heterocycles. The first-order valence-corrected chi connectivity index (χ1v) is 31.6. The molecule has 0 aliphatic rings. The van der Waals surface area contributed by atoms with Gasteiger partial charge in [-0.1, -0.05) is 301 Å². The zero-order valence-electron chi connectivity index (χ0n) is 47.3. The fraction of sp³-hybridized carbons (Fsp3) is 0.906. The molecule has 2 atom stereocenters. The molecule has 3 N–H and O–H groups in total. The normalized spacial score (nSPS) is 12.7. The number of carbonyl (C=O) groups is 2. The van der Waals surface area contributed by atoms with Crippen molar-refractivity contribution in [2.45, 2.75) is 360 Å². The molecule has 2 unspecified atom stereocenters. The van der Waals surface area contributed by atoms with Crippen LogP contribution in [0.15, 0.2) is 24.3 Å². The highest BCUT2D eigenvalue weighted by Gasteiger charge is 2.18. The van der Waals surface area contributed by atoms with Crippen LogP contribution in [0.2, 0.25) is 0 Å². The number of hydrogen-bond acceptors (Lipinski definition) is 5. The van der Waals surface area contributed by atoms with Crippen molar-refractivity contribution in [3.8, 4) is 0 Å². The first kappa shape index (κ1) is 68.3. The standard InChI is InChI=1S/C64H123NO5/c1-3-5-7-9-11-13-15-33-36-40-44-48-52-56-62(67)61(60-66)65-63(68)57-53-49-45-41-37-34-31-29-27-25-23-21-19-17-18-20-22-24-26-28-30-32-35-39-43-47-51-55-59-70-64(69)58-54-50-46-42-38-16-14-12-10-8-6-4-2/h12,14,52,56,61-62,66-67H,3-11,13,15-51,53-55,57-60H2,1-2H3,(H,65,68)/b14-12-,56-52+. The maximum absolute atomic E-state index is 12.4. The SMILES string of the molecule is CCCCC/C=C\CCCCCCCC(=O)OCCCCCCCCCCCCCCCCCCCCCCCCCCCCCCC(=O)NC(CO)C(O)/C=C/CCCCCCCCCCCCC. The van der Waals surface area contributed by atoms with Crippen LogP contribution in [0.1, 0.15) is 348 Å². The smallest absolute Gasteiger partial charge is 0.305 e. The molecule has 0 aliphatic carbocycles. The van der Waals surface area contributed by atoms with E-state index in [0.29, 0.717) is 19.4 Å². The van der Waals surface area contributed by atoms with Gasteiger partial charge in [-0.2, -0.15) is 0 Å². The van der Waals surface area contributed by atoms with Crippen LogP contribution in [0, 0.1) is 0 Å². The third-order valence-electron chi connectivity index (χ3n) is 14.7. The van der Waals surface area contributed by atoms with Gasteiger partial charge in [0.15, 0.2) is 0 Å². The Morgan fingerprint density at radius 1 is 0.386 bits per heavy atom. The number of esters is 1. The molecule has 0 radical (unpaired) electrons. The minimum absolute atomic E-state index is 0.00846. The van der Waals surface area contributed by atoms with Gasteiger partial charge in [0.05, 0.1) is 25.4 Å². The van der Waals surface area contributed by atoms with Crippen LogP contribution in [-0.2, 0) is 14.3 Å². The van der Waals surface area contributed by atoms with Gasteiger partial charge in [-0.25, -0.2) is 0 Å². The van der Waals surface area contributed by atoms with Gasteiger partial charge in [-0.3, -0.25) is 9.59 Å². The number of aliphatic hydroxyl groups is 2. The molecular formula is C64H123NO5. The maximum atomic E-state index is 12.4. The number of carbonyl (C=O) groups excluding carboxylic acids is 2. The molecule has 0 rings (SSSR count). The van der Waals surface area contributed by atoms with Crippen molar-refractivity contribution in [2.24, 2.45) is 0 Å².